The van der Waals surface area contributed by atoms with E-state index in [2.05, 4.69) is 18.0 Å². The summed E-state index contributed by atoms with van der Waals surface area (Å²) in [5.74, 6) is 0.259. The van der Waals surface area contributed by atoms with Crippen molar-refractivity contribution in [2.24, 2.45) is 0 Å². The normalized spacial score (nSPS) is 19.5. The zero-order valence-electron chi connectivity index (χ0n) is 10.4. The number of hydrogen-bond donors (Lipinski definition) is 0. The maximum Gasteiger partial charge on any atom is 0.168 e. The molecule has 0 aliphatic carbocycles. The first-order valence-corrected chi connectivity index (χ1v) is 6.38. The lowest BCUT2D eigenvalue weighted by atomic mass is 10.0. The lowest BCUT2D eigenvalue weighted by Gasteiger charge is -2.03. The van der Waals surface area contributed by atoms with E-state index in [4.69, 9.17) is 4.74 Å². The van der Waals surface area contributed by atoms with Gasteiger partial charge in [0.1, 0.15) is 11.3 Å². The zero-order valence-corrected chi connectivity index (χ0v) is 10.4. The number of carbonyl (C=O) groups is 1. The van der Waals surface area contributed by atoms with Gasteiger partial charge in [-0.25, -0.2) is 4.98 Å². The Labute approximate surface area is 106 Å². The van der Waals surface area contributed by atoms with E-state index >= 15 is 0 Å². The van der Waals surface area contributed by atoms with Gasteiger partial charge < -0.3 is 4.74 Å². The van der Waals surface area contributed by atoms with Crippen molar-refractivity contribution in [2.75, 3.05) is 13.2 Å². The van der Waals surface area contributed by atoms with Gasteiger partial charge in [-0.05, 0) is 24.5 Å². The predicted octanol–water partition coefficient (Wildman–Crippen LogP) is 2.21. The van der Waals surface area contributed by atoms with Crippen molar-refractivity contribution in [1.29, 1.82) is 0 Å². The topological polar surface area (TPSA) is 43.6 Å². The molecule has 0 aromatic carbocycles. The van der Waals surface area contributed by atoms with Crippen LogP contribution in [0.4, 0.5) is 0 Å². The molecule has 1 unspecified atom stereocenters. The molecule has 3 heterocycles. The third-order valence-corrected chi connectivity index (χ3v) is 3.61. The fraction of sp³-hybridized carbons (Fsp3) is 0.429. The molecule has 0 bridgehead atoms. The zero-order chi connectivity index (χ0) is 12.5. The number of aldehydes is 1. The molecule has 18 heavy (non-hydrogen) atoms. The maximum absolute atomic E-state index is 11.4. The van der Waals surface area contributed by atoms with Gasteiger partial charge in [-0.2, -0.15) is 0 Å². The molecule has 1 atom stereocenters. The summed E-state index contributed by atoms with van der Waals surface area (Å²) in [6.07, 6.45) is 4.68. The van der Waals surface area contributed by atoms with Gasteiger partial charge in [0.15, 0.2) is 6.29 Å². The van der Waals surface area contributed by atoms with Crippen LogP contribution in [0.2, 0.25) is 0 Å². The minimum Gasteiger partial charge on any atom is -0.381 e. The Balaban J connectivity index is 2.22. The molecule has 1 aliphatic heterocycles. The molecule has 1 saturated heterocycles. The number of ether oxygens (including phenoxy) is 1. The fourth-order valence-corrected chi connectivity index (χ4v) is 2.60. The molecule has 2 aromatic rings. The Morgan fingerprint density at radius 1 is 1.61 bits per heavy atom. The summed E-state index contributed by atoms with van der Waals surface area (Å²) in [5, 5.41) is 0. The molecular weight excluding hydrogens is 228 g/mol. The fourth-order valence-electron chi connectivity index (χ4n) is 2.60. The second-order valence-corrected chi connectivity index (χ2v) is 4.64. The van der Waals surface area contributed by atoms with Crippen molar-refractivity contribution in [3.05, 3.63) is 35.3 Å². The van der Waals surface area contributed by atoms with Gasteiger partial charge in [0.2, 0.25) is 0 Å². The summed E-state index contributed by atoms with van der Waals surface area (Å²) in [4.78, 5) is 16.0. The van der Waals surface area contributed by atoms with Crippen LogP contribution in [-0.2, 0) is 11.2 Å². The SMILES string of the molecule is CCc1cccn2c(C=O)c(C3CCOC3)nc12. The number of carbonyl (C=O) groups excluding carboxylic acids is 1. The number of imidazole rings is 1. The number of nitrogens with zero attached hydrogens (tertiary/aromatic N) is 2. The second kappa shape index (κ2) is 4.53. The highest BCUT2D eigenvalue weighted by Gasteiger charge is 2.25. The predicted molar refractivity (Wildman–Crippen MR) is 68.1 cm³/mol. The van der Waals surface area contributed by atoms with E-state index in [-0.39, 0.29) is 5.92 Å². The van der Waals surface area contributed by atoms with Crippen LogP contribution in [0.3, 0.4) is 0 Å². The molecule has 0 spiro atoms. The first-order valence-electron chi connectivity index (χ1n) is 6.38. The molecule has 1 fully saturated rings. The average molecular weight is 244 g/mol. The number of fused-ring (bicyclic) bond motifs is 1. The Bertz CT molecular complexity index is 583. The number of hydrogen-bond acceptors (Lipinski definition) is 3. The number of rotatable bonds is 3. The van der Waals surface area contributed by atoms with Gasteiger partial charge in [0.05, 0.1) is 12.3 Å². The van der Waals surface area contributed by atoms with Gasteiger partial charge >= 0.3 is 0 Å². The van der Waals surface area contributed by atoms with Gasteiger partial charge in [-0.3, -0.25) is 9.20 Å². The highest BCUT2D eigenvalue weighted by molar-refractivity contribution is 5.77. The van der Waals surface area contributed by atoms with E-state index in [1.54, 1.807) is 0 Å². The standard InChI is InChI=1S/C14H16N2O2/c1-2-10-4-3-6-16-12(8-17)13(15-14(10)16)11-5-7-18-9-11/h3-4,6,8,11H,2,5,7,9H2,1H3. The smallest absolute Gasteiger partial charge is 0.168 e. The average Bonchev–Trinajstić information content (AvgIpc) is 3.04. The van der Waals surface area contributed by atoms with Crippen LogP contribution in [-0.4, -0.2) is 28.9 Å². The Morgan fingerprint density at radius 3 is 3.17 bits per heavy atom. The molecule has 4 heteroatoms. The third kappa shape index (κ3) is 1.64. The number of aryl methyl sites for hydroxylation is 1. The monoisotopic (exact) mass is 244 g/mol. The molecule has 0 amide bonds. The van der Waals surface area contributed by atoms with Crippen molar-refractivity contribution in [3.63, 3.8) is 0 Å². The summed E-state index contributed by atoms with van der Waals surface area (Å²) in [7, 11) is 0. The maximum atomic E-state index is 11.4. The van der Waals surface area contributed by atoms with Gasteiger partial charge in [-0.15, -0.1) is 0 Å². The summed E-state index contributed by atoms with van der Waals surface area (Å²) in [6, 6.07) is 4.03. The van der Waals surface area contributed by atoms with Crippen molar-refractivity contribution in [2.45, 2.75) is 25.7 Å². The van der Waals surface area contributed by atoms with E-state index in [0.717, 1.165) is 37.1 Å². The van der Waals surface area contributed by atoms with Crippen molar-refractivity contribution < 1.29 is 9.53 Å². The van der Waals surface area contributed by atoms with Crippen LogP contribution in [0.15, 0.2) is 18.3 Å². The molecule has 94 valence electrons. The van der Waals surface area contributed by atoms with Crippen molar-refractivity contribution >= 4 is 11.9 Å². The largest absolute Gasteiger partial charge is 0.381 e. The van der Waals surface area contributed by atoms with Gasteiger partial charge in [0, 0.05) is 18.7 Å². The molecule has 3 rings (SSSR count). The van der Waals surface area contributed by atoms with Crippen LogP contribution in [0.5, 0.6) is 0 Å². The third-order valence-electron chi connectivity index (χ3n) is 3.61. The summed E-state index contributed by atoms with van der Waals surface area (Å²) < 4.78 is 7.30. The molecule has 0 saturated carbocycles. The lowest BCUT2D eigenvalue weighted by molar-refractivity contribution is 0.111. The van der Waals surface area contributed by atoms with Crippen LogP contribution in [0, 0.1) is 0 Å². The van der Waals surface area contributed by atoms with Crippen LogP contribution in [0.25, 0.3) is 5.65 Å². The highest BCUT2D eigenvalue weighted by Crippen LogP contribution is 2.28. The quantitative estimate of drug-likeness (QED) is 0.777. The van der Waals surface area contributed by atoms with Crippen molar-refractivity contribution in [1.82, 2.24) is 9.38 Å². The van der Waals surface area contributed by atoms with Crippen LogP contribution < -0.4 is 0 Å². The minimum absolute atomic E-state index is 0.259. The van der Waals surface area contributed by atoms with Crippen LogP contribution >= 0.6 is 0 Å². The Kier molecular flexibility index (Phi) is 2.88. The lowest BCUT2D eigenvalue weighted by Crippen LogP contribution is -2.02. The van der Waals surface area contributed by atoms with E-state index in [9.17, 15) is 4.79 Å². The van der Waals surface area contributed by atoms with Gasteiger partial charge in [0.25, 0.3) is 0 Å². The Hall–Kier alpha value is -1.68. The minimum atomic E-state index is 0.259. The van der Waals surface area contributed by atoms with Crippen LogP contribution in [0.1, 0.15) is 41.0 Å². The summed E-state index contributed by atoms with van der Waals surface area (Å²) in [5.41, 5.74) is 3.65. The second-order valence-electron chi connectivity index (χ2n) is 4.64. The first kappa shape index (κ1) is 11.4. The Morgan fingerprint density at radius 2 is 2.50 bits per heavy atom. The molecule has 0 radical (unpaired) electrons. The summed E-state index contributed by atoms with van der Waals surface area (Å²) in [6.45, 7) is 3.53. The number of aromatic nitrogens is 2. The number of pyridine rings is 1. The van der Waals surface area contributed by atoms with E-state index in [0.29, 0.717) is 12.3 Å². The van der Waals surface area contributed by atoms with E-state index in [1.165, 1.54) is 5.56 Å². The van der Waals surface area contributed by atoms with Gasteiger partial charge in [-0.1, -0.05) is 13.0 Å². The van der Waals surface area contributed by atoms with E-state index in [1.807, 2.05) is 16.7 Å². The highest BCUT2D eigenvalue weighted by atomic mass is 16.5. The summed E-state index contributed by atoms with van der Waals surface area (Å²) >= 11 is 0. The molecule has 2 aromatic heterocycles. The van der Waals surface area contributed by atoms with E-state index < -0.39 is 0 Å². The first-order chi connectivity index (χ1) is 8.85. The molecule has 1 aliphatic rings. The molecule has 4 nitrogen and oxygen atoms in total. The molecule has 0 N–H and O–H groups in total. The molecular formula is C14H16N2O2. The van der Waals surface area contributed by atoms with Crippen molar-refractivity contribution in [3.8, 4) is 0 Å².